The van der Waals surface area contributed by atoms with E-state index in [9.17, 15) is 9.59 Å². The van der Waals surface area contributed by atoms with Gasteiger partial charge in [0.05, 0.1) is 24.1 Å². The molecule has 2 aromatic carbocycles. The molecule has 0 radical (unpaired) electrons. The van der Waals surface area contributed by atoms with Gasteiger partial charge in [-0.3, -0.25) is 0 Å². The van der Waals surface area contributed by atoms with Crippen molar-refractivity contribution in [1.29, 1.82) is 0 Å². The fourth-order valence-corrected chi connectivity index (χ4v) is 5.55. The summed E-state index contributed by atoms with van der Waals surface area (Å²) >= 11 is 7.10. The molecule has 0 amide bonds. The molecule has 7 nitrogen and oxygen atoms in total. The molecule has 1 saturated heterocycles. The summed E-state index contributed by atoms with van der Waals surface area (Å²) in [7, 11) is 1.61. The molecule has 1 fully saturated rings. The molecule has 0 bridgehead atoms. The topological polar surface area (TPSA) is 69.6 Å². The average Bonchev–Trinajstić information content (AvgIpc) is 3.13. The molecular formula is C21H21N3O4S2. The van der Waals surface area contributed by atoms with E-state index in [-0.39, 0.29) is 0 Å². The number of benzene rings is 2. The Balaban J connectivity index is 1.81. The quantitative estimate of drug-likeness (QED) is 0.560. The van der Waals surface area contributed by atoms with Gasteiger partial charge in [-0.25, -0.2) is 9.59 Å². The van der Waals surface area contributed by atoms with Crippen LogP contribution < -0.4 is 16.2 Å². The number of nitrogens with zero attached hydrogens (tertiary/aromatic N) is 3. The summed E-state index contributed by atoms with van der Waals surface area (Å²) in [6.45, 7) is 4.36. The second-order valence-electron chi connectivity index (χ2n) is 7.42. The Hall–Kier alpha value is -2.78. The number of thiocarbonyl (C=S) groups is 1. The zero-order chi connectivity index (χ0) is 21.5. The molecule has 0 saturated carbocycles. The second-order valence-corrected chi connectivity index (χ2v) is 9.71. The van der Waals surface area contributed by atoms with Gasteiger partial charge in [0.1, 0.15) is 10.1 Å². The third-order valence-electron chi connectivity index (χ3n) is 5.01. The molecular weight excluding hydrogens is 422 g/mol. The van der Waals surface area contributed by atoms with Crippen LogP contribution >= 0.6 is 24.0 Å². The molecule has 30 heavy (non-hydrogen) atoms. The molecule has 4 rings (SSSR count). The van der Waals surface area contributed by atoms with Gasteiger partial charge in [-0.15, -0.1) is 4.74 Å². The van der Waals surface area contributed by atoms with E-state index in [1.807, 2.05) is 49.1 Å². The predicted molar refractivity (Wildman–Crippen MR) is 120 cm³/mol. The van der Waals surface area contributed by atoms with Crippen LogP contribution in [0.3, 0.4) is 0 Å². The highest BCUT2D eigenvalue weighted by Crippen LogP contribution is 2.47. The summed E-state index contributed by atoms with van der Waals surface area (Å²) in [5.74, 6) is -0.00790. The summed E-state index contributed by atoms with van der Waals surface area (Å²) in [5.41, 5.74) is 0.834. The van der Waals surface area contributed by atoms with Crippen molar-refractivity contribution >= 4 is 28.3 Å². The molecule has 0 aliphatic carbocycles. The lowest BCUT2D eigenvalue weighted by atomic mass is 10.1. The molecule has 0 spiro atoms. The first kappa shape index (κ1) is 20.5. The molecule has 0 N–H and O–H groups in total. The minimum absolute atomic E-state index is 0.413. The Bertz CT molecular complexity index is 1200. The lowest BCUT2D eigenvalue weighted by Gasteiger charge is -2.30. The number of methoxy groups -OCH3 is 1. The molecule has 1 aliphatic heterocycles. The van der Waals surface area contributed by atoms with E-state index in [4.69, 9.17) is 21.5 Å². The van der Waals surface area contributed by atoms with Crippen molar-refractivity contribution in [2.24, 2.45) is 0 Å². The number of ether oxygens (including phenoxy) is 1. The molecule has 2 heterocycles. The lowest BCUT2D eigenvalue weighted by molar-refractivity contribution is 0.0861. The third kappa shape index (κ3) is 3.48. The number of para-hydroxylation sites is 2. The van der Waals surface area contributed by atoms with Crippen LogP contribution in [-0.4, -0.2) is 30.4 Å². The highest BCUT2D eigenvalue weighted by Gasteiger charge is 2.48. The first-order valence-corrected chi connectivity index (χ1v) is 10.6. The Labute approximate surface area is 182 Å². The van der Waals surface area contributed by atoms with Crippen LogP contribution in [0.4, 0.5) is 0 Å². The Kier molecular flexibility index (Phi) is 5.33. The largest absolute Gasteiger partial charge is 0.496 e. The Morgan fingerprint density at radius 3 is 2.47 bits per heavy atom. The first-order chi connectivity index (χ1) is 14.3. The molecule has 3 aromatic rings. The number of hydrogen-bond donors (Lipinski definition) is 0. The van der Waals surface area contributed by atoms with Gasteiger partial charge in [0.15, 0.2) is 6.17 Å². The van der Waals surface area contributed by atoms with Gasteiger partial charge in [0.2, 0.25) is 0 Å². The summed E-state index contributed by atoms with van der Waals surface area (Å²) in [6.07, 6.45) is -0.579. The summed E-state index contributed by atoms with van der Waals surface area (Å²) < 4.78 is 13.2. The van der Waals surface area contributed by atoms with Gasteiger partial charge in [-0.05, 0) is 32.0 Å². The van der Waals surface area contributed by atoms with Crippen molar-refractivity contribution in [3.8, 4) is 11.4 Å². The summed E-state index contributed by atoms with van der Waals surface area (Å²) in [6, 6.07) is 16.4. The maximum Gasteiger partial charge on any atom is 0.447 e. The van der Waals surface area contributed by atoms with Crippen LogP contribution in [0.5, 0.6) is 5.75 Å². The monoisotopic (exact) mass is 443 g/mol. The predicted octanol–water partition coefficient (Wildman–Crippen LogP) is 3.41. The maximum atomic E-state index is 13.2. The number of aromatic nitrogens is 2. The van der Waals surface area contributed by atoms with Crippen molar-refractivity contribution in [1.82, 2.24) is 14.2 Å². The second kappa shape index (κ2) is 7.81. The third-order valence-corrected chi connectivity index (χ3v) is 6.64. The fraction of sp³-hybridized carbons (Fsp3) is 0.286. The van der Waals surface area contributed by atoms with Gasteiger partial charge < -0.3 is 14.2 Å². The highest BCUT2D eigenvalue weighted by atomic mass is 32.2. The Morgan fingerprint density at radius 1 is 1.10 bits per heavy atom. The minimum Gasteiger partial charge on any atom is -0.496 e. The van der Waals surface area contributed by atoms with Crippen LogP contribution in [-0.2, 0) is 6.54 Å². The van der Waals surface area contributed by atoms with Crippen LogP contribution in [0.15, 0.2) is 68.7 Å². The first-order valence-electron chi connectivity index (χ1n) is 9.35. The van der Waals surface area contributed by atoms with Crippen LogP contribution in [0.1, 0.15) is 25.6 Å². The van der Waals surface area contributed by atoms with Gasteiger partial charge in [0.25, 0.3) is 0 Å². The zero-order valence-electron chi connectivity index (χ0n) is 16.8. The standard InChI is InChI=1S/C21H21N3O4S2/c1-21(2)17(22(20(29)30-21)13-14-9-7-8-12-16(14)27-3)24-18(25)23(19(26)28-24)15-10-5-4-6-11-15/h4-12,17H,13H2,1-3H3. The molecule has 1 atom stereocenters. The van der Waals surface area contributed by atoms with E-state index in [0.29, 0.717) is 16.6 Å². The average molecular weight is 444 g/mol. The van der Waals surface area contributed by atoms with Gasteiger partial charge in [-0.1, -0.05) is 60.4 Å². The van der Waals surface area contributed by atoms with E-state index in [1.54, 1.807) is 31.4 Å². The van der Waals surface area contributed by atoms with Crippen molar-refractivity contribution in [3.63, 3.8) is 0 Å². The summed E-state index contributed by atoms with van der Waals surface area (Å²) in [4.78, 5) is 27.7. The summed E-state index contributed by atoms with van der Waals surface area (Å²) in [5, 5.41) is 0. The van der Waals surface area contributed by atoms with E-state index in [2.05, 4.69) is 0 Å². The zero-order valence-corrected chi connectivity index (χ0v) is 18.4. The van der Waals surface area contributed by atoms with Gasteiger partial charge in [-0.2, -0.15) is 4.57 Å². The maximum absolute atomic E-state index is 13.2. The Morgan fingerprint density at radius 2 is 1.77 bits per heavy atom. The van der Waals surface area contributed by atoms with E-state index in [1.165, 1.54) is 11.8 Å². The van der Waals surface area contributed by atoms with Crippen LogP contribution in [0.25, 0.3) is 5.69 Å². The van der Waals surface area contributed by atoms with E-state index in [0.717, 1.165) is 20.6 Å². The number of rotatable bonds is 5. The van der Waals surface area contributed by atoms with Gasteiger partial charge >= 0.3 is 11.4 Å². The van der Waals surface area contributed by atoms with E-state index >= 15 is 0 Å². The van der Waals surface area contributed by atoms with Crippen molar-refractivity contribution in [2.75, 3.05) is 7.11 Å². The van der Waals surface area contributed by atoms with Crippen LogP contribution in [0.2, 0.25) is 0 Å². The normalized spacial score (nSPS) is 18.0. The van der Waals surface area contributed by atoms with Crippen molar-refractivity contribution < 1.29 is 9.26 Å². The molecule has 1 aliphatic rings. The molecule has 1 aromatic heterocycles. The highest BCUT2D eigenvalue weighted by molar-refractivity contribution is 8.24. The fourth-order valence-electron chi connectivity index (χ4n) is 3.68. The molecule has 1 unspecified atom stereocenters. The smallest absolute Gasteiger partial charge is 0.447 e. The lowest BCUT2D eigenvalue weighted by Crippen LogP contribution is -2.42. The molecule has 156 valence electrons. The number of thioether (sulfide) groups is 1. The molecule has 9 heteroatoms. The van der Waals surface area contributed by atoms with Gasteiger partial charge in [0, 0.05) is 5.56 Å². The van der Waals surface area contributed by atoms with Crippen LogP contribution in [0, 0.1) is 0 Å². The van der Waals surface area contributed by atoms with Crippen molar-refractivity contribution in [2.45, 2.75) is 31.3 Å². The minimum atomic E-state index is -0.734. The number of hydrogen-bond acceptors (Lipinski definition) is 6. The SMILES string of the molecule is COc1ccccc1CN1C(=S)SC(C)(C)C1n1oc(=O)n(-c2ccccc2)c1=O. The van der Waals surface area contributed by atoms with E-state index < -0.39 is 22.4 Å². The van der Waals surface area contributed by atoms with Crippen molar-refractivity contribution in [3.05, 3.63) is 81.2 Å².